The van der Waals surface area contributed by atoms with Crippen molar-refractivity contribution in [3.05, 3.63) is 57.6 Å². The number of phenols is 2. The highest BCUT2D eigenvalue weighted by Gasteiger charge is 2.50. The number of carbonyl (C=O) groups excluding carboxylic acids is 2. The maximum atomic E-state index is 13.1. The topological polar surface area (TPSA) is 113 Å². The molecular formula is C22H19BrO7. The van der Waals surface area contributed by atoms with Crippen LogP contribution in [0.5, 0.6) is 11.5 Å². The van der Waals surface area contributed by atoms with E-state index in [0.717, 1.165) is 0 Å². The fourth-order valence-corrected chi connectivity index (χ4v) is 5.80. The Balaban J connectivity index is 1.69. The zero-order valence-corrected chi connectivity index (χ0v) is 17.6. The molecule has 1 saturated heterocycles. The van der Waals surface area contributed by atoms with Gasteiger partial charge >= 0.3 is 0 Å². The van der Waals surface area contributed by atoms with Crippen molar-refractivity contribution in [1.29, 1.82) is 0 Å². The lowest BCUT2D eigenvalue weighted by Gasteiger charge is -2.40. The van der Waals surface area contributed by atoms with Gasteiger partial charge in [-0.05, 0) is 13.3 Å². The summed E-state index contributed by atoms with van der Waals surface area (Å²) in [5.41, 5.74) is -0.909. The third-order valence-corrected chi connectivity index (χ3v) is 7.01. The highest BCUT2D eigenvalue weighted by molar-refractivity contribution is 9.09. The van der Waals surface area contributed by atoms with Crippen LogP contribution in [-0.2, 0) is 15.9 Å². The third kappa shape index (κ3) is 2.61. The van der Waals surface area contributed by atoms with Crippen LogP contribution in [0.1, 0.15) is 61.1 Å². The number of benzene rings is 2. The Kier molecular flexibility index (Phi) is 4.34. The van der Waals surface area contributed by atoms with Crippen molar-refractivity contribution >= 4 is 27.5 Å². The van der Waals surface area contributed by atoms with E-state index in [1.165, 1.54) is 12.1 Å². The molecule has 8 heteroatoms. The predicted molar refractivity (Wildman–Crippen MR) is 108 cm³/mol. The van der Waals surface area contributed by atoms with Crippen molar-refractivity contribution in [2.75, 3.05) is 6.61 Å². The summed E-state index contributed by atoms with van der Waals surface area (Å²) in [5, 5.41) is 33.4. The average Bonchev–Trinajstić information content (AvgIpc) is 3.15. The molecule has 2 aromatic carbocycles. The Labute approximate surface area is 180 Å². The van der Waals surface area contributed by atoms with Gasteiger partial charge in [-0.3, -0.25) is 9.59 Å². The lowest BCUT2D eigenvalue weighted by molar-refractivity contribution is -0.117. The zero-order chi connectivity index (χ0) is 21.4. The number of fused-ring (bicyclic) bond motifs is 3. The van der Waals surface area contributed by atoms with Crippen LogP contribution in [0.2, 0.25) is 0 Å². The van der Waals surface area contributed by atoms with Crippen LogP contribution in [-0.4, -0.2) is 51.5 Å². The van der Waals surface area contributed by atoms with Gasteiger partial charge in [0.1, 0.15) is 17.6 Å². The summed E-state index contributed by atoms with van der Waals surface area (Å²) in [6, 6.07) is 6.32. The first-order valence-corrected chi connectivity index (χ1v) is 10.6. The summed E-state index contributed by atoms with van der Waals surface area (Å²) >= 11 is 3.48. The van der Waals surface area contributed by atoms with Gasteiger partial charge in [0.25, 0.3) is 0 Å². The summed E-state index contributed by atoms with van der Waals surface area (Å²) < 4.78 is 11.1. The minimum Gasteiger partial charge on any atom is -0.507 e. The Bertz CT molecular complexity index is 1110. The highest BCUT2D eigenvalue weighted by atomic mass is 79.9. The van der Waals surface area contributed by atoms with Crippen molar-refractivity contribution < 1.29 is 34.4 Å². The maximum Gasteiger partial charge on any atom is 0.198 e. The van der Waals surface area contributed by atoms with Gasteiger partial charge in [0.2, 0.25) is 0 Å². The molecular weight excluding hydrogens is 456 g/mol. The van der Waals surface area contributed by atoms with Crippen LogP contribution in [0.15, 0.2) is 24.3 Å². The molecule has 30 heavy (non-hydrogen) atoms. The second-order valence-electron chi connectivity index (χ2n) is 8.02. The average molecular weight is 475 g/mol. The molecule has 4 atom stereocenters. The molecule has 3 unspecified atom stereocenters. The minimum atomic E-state index is -1.39. The molecule has 1 fully saturated rings. The maximum absolute atomic E-state index is 13.1. The monoisotopic (exact) mass is 474 g/mol. The van der Waals surface area contributed by atoms with Crippen LogP contribution in [0.25, 0.3) is 0 Å². The molecule has 5 rings (SSSR count). The quantitative estimate of drug-likeness (QED) is 0.367. The van der Waals surface area contributed by atoms with Gasteiger partial charge in [-0.25, -0.2) is 0 Å². The number of aromatic hydroxyl groups is 2. The standard InChI is InChI=1S/C22H19BrO7/c1-9-29-8-14(30-9)22(28)6-12-15(13(23)7-22)21(27)17-16(20(12)26)18(24)10-4-2-3-5-11(10)19(17)25/h2-5,9,13-14,26-28H,6-8H2,1H3/t9?,13?,14?,22-/m0/s1. The van der Waals surface area contributed by atoms with E-state index in [2.05, 4.69) is 15.9 Å². The molecule has 1 heterocycles. The zero-order valence-electron chi connectivity index (χ0n) is 16.0. The number of aliphatic hydroxyl groups is 1. The van der Waals surface area contributed by atoms with E-state index in [-0.39, 0.29) is 58.8 Å². The number of carbonyl (C=O) groups is 2. The van der Waals surface area contributed by atoms with Crippen molar-refractivity contribution in [2.45, 2.75) is 42.6 Å². The van der Waals surface area contributed by atoms with Crippen molar-refractivity contribution in [3.63, 3.8) is 0 Å². The molecule has 0 saturated carbocycles. The summed E-state index contributed by atoms with van der Waals surface area (Å²) in [7, 11) is 0. The number of ketones is 2. The Morgan fingerprint density at radius 3 is 2.23 bits per heavy atom. The van der Waals surface area contributed by atoms with Gasteiger partial charge in [0.15, 0.2) is 17.9 Å². The number of hydrogen-bond donors (Lipinski definition) is 3. The minimum absolute atomic E-state index is 0.0546. The first kappa shape index (κ1) is 19.7. The molecule has 2 aromatic rings. The van der Waals surface area contributed by atoms with Gasteiger partial charge in [-0.15, -0.1) is 0 Å². The molecule has 3 aliphatic rings. The van der Waals surface area contributed by atoms with Crippen LogP contribution in [0.3, 0.4) is 0 Å². The van der Waals surface area contributed by atoms with E-state index in [0.29, 0.717) is 5.56 Å². The number of halogens is 1. The van der Waals surface area contributed by atoms with Gasteiger partial charge in [0.05, 0.1) is 23.3 Å². The number of rotatable bonds is 1. The molecule has 3 N–H and O–H groups in total. The molecule has 0 spiro atoms. The van der Waals surface area contributed by atoms with Crippen molar-refractivity contribution in [1.82, 2.24) is 0 Å². The van der Waals surface area contributed by atoms with Crippen LogP contribution < -0.4 is 0 Å². The first-order valence-electron chi connectivity index (χ1n) is 9.65. The normalized spacial score (nSPS) is 30.0. The molecule has 0 amide bonds. The summed E-state index contributed by atoms with van der Waals surface area (Å²) in [5.74, 6) is -1.78. The molecule has 156 valence electrons. The van der Waals surface area contributed by atoms with Gasteiger partial charge < -0.3 is 24.8 Å². The summed E-state index contributed by atoms with van der Waals surface area (Å²) in [6.07, 6.45) is -0.974. The van der Waals surface area contributed by atoms with E-state index < -0.39 is 34.4 Å². The Hall–Kier alpha value is -2.26. The highest BCUT2D eigenvalue weighted by Crippen LogP contribution is 2.53. The predicted octanol–water partition coefficient (Wildman–Crippen LogP) is 2.75. The molecule has 2 aliphatic carbocycles. The van der Waals surface area contributed by atoms with Gasteiger partial charge in [-0.1, -0.05) is 40.2 Å². The second-order valence-corrected chi connectivity index (χ2v) is 9.13. The smallest absolute Gasteiger partial charge is 0.198 e. The number of alkyl halides is 1. The summed E-state index contributed by atoms with van der Waals surface area (Å²) in [4.78, 5) is 25.6. The van der Waals surface area contributed by atoms with Crippen molar-refractivity contribution in [2.24, 2.45) is 0 Å². The lowest BCUT2D eigenvalue weighted by atomic mass is 9.72. The van der Waals surface area contributed by atoms with Crippen LogP contribution >= 0.6 is 15.9 Å². The molecule has 7 nitrogen and oxygen atoms in total. The molecule has 0 radical (unpaired) electrons. The first-order chi connectivity index (χ1) is 14.2. The number of hydrogen-bond acceptors (Lipinski definition) is 7. The second kappa shape index (κ2) is 6.62. The number of phenolic OH excluding ortho intramolecular Hbond substituents is 2. The van der Waals surface area contributed by atoms with Crippen LogP contribution in [0, 0.1) is 0 Å². The van der Waals surface area contributed by atoms with Gasteiger partial charge in [0, 0.05) is 33.5 Å². The van der Waals surface area contributed by atoms with E-state index in [9.17, 15) is 24.9 Å². The molecule has 0 aromatic heterocycles. The summed E-state index contributed by atoms with van der Waals surface area (Å²) in [6.45, 7) is 1.92. The number of ether oxygens (including phenoxy) is 2. The van der Waals surface area contributed by atoms with E-state index in [1.54, 1.807) is 19.1 Å². The van der Waals surface area contributed by atoms with Crippen LogP contribution in [0.4, 0.5) is 0 Å². The SMILES string of the molecule is CC1OCC([C@]2(O)Cc3c(O)c4c(c(O)c3C(Br)C2)C(=O)c2ccccc2C4=O)O1. The Morgan fingerprint density at radius 2 is 1.67 bits per heavy atom. The van der Waals surface area contributed by atoms with Gasteiger partial charge in [-0.2, -0.15) is 0 Å². The van der Waals surface area contributed by atoms with Crippen molar-refractivity contribution in [3.8, 4) is 11.5 Å². The van der Waals surface area contributed by atoms with E-state index >= 15 is 0 Å². The Morgan fingerprint density at radius 1 is 1.07 bits per heavy atom. The third-order valence-electron chi connectivity index (χ3n) is 6.23. The van der Waals surface area contributed by atoms with E-state index in [1.807, 2.05) is 0 Å². The molecule has 1 aliphatic heterocycles. The fraction of sp³-hybridized carbons (Fsp3) is 0.364. The largest absolute Gasteiger partial charge is 0.507 e. The van der Waals surface area contributed by atoms with E-state index in [4.69, 9.17) is 9.47 Å². The lowest BCUT2D eigenvalue weighted by Crippen LogP contribution is -2.49. The molecule has 0 bridgehead atoms. The fourth-order valence-electron chi connectivity index (χ4n) is 4.75.